The van der Waals surface area contributed by atoms with Crippen LogP contribution in [0.3, 0.4) is 0 Å². The van der Waals surface area contributed by atoms with Crippen LogP contribution in [0.15, 0.2) is 12.1 Å². The van der Waals surface area contributed by atoms with Gasteiger partial charge in [0, 0.05) is 6.07 Å². The van der Waals surface area contributed by atoms with Gasteiger partial charge in [-0.3, -0.25) is 4.79 Å². The molecule has 1 spiro atoms. The molecular weight excluding hydrogens is 264 g/mol. The molecule has 3 heteroatoms. The Morgan fingerprint density at radius 3 is 2.52 bits per heavy atom. The Balaban J connectivity index is 1.75. The molecule has 1 aliphatic carbocycles. The highest BCUT2D eigenvalue weighted by atomic mass is 16.5. The van der Waals surface area contributed by atoms with Crippen molar-refractivity contribution < 1.29 is 14.3 Å². The maximum Gasteiger partial charge on any atom is 0.170 e. The van der Waals surface area contributed by atoms with Gasteiger partial charge in [-0.1, -0.05) is 0 Å². The second-order valence-electron chi connectivity index (χ2n) is 7.41. The summed E-state index contributed by atoms with van der Waals surface area (Å²) in [5, 5.41) is 0. The van der Waals surface area contributed by atoms with Gasteiger partial charge in [0.1, 0.15) is 22.7 Å². The Kier molecular flexibility index (Phi) is 2.66. The van der Waals surface area contributed by atoms with Crippen molar-refractivity contribution in [3.05, 3.63) is 23.3 Å². The van der Waals surface area contributed by atoms with E-state index in [0.717, 1.165) is 61.2 Å². The number of fused-ring (bicyclic) bond motifs is 2. The van der Waals surface area contributed by atoms with E-state index in [2.05, 4.69) is 13.8 Å². The Hall–Kier alpha value is -1.51. The maximum atomic E-state index is 12.5. The minimum atomic E-state index is -0.234. The summed E-state index contributed by atoms with van der Waals surface area (Å²) < 4.78 is 12.4. The molecule has 0 N–H and O–H groups in total. The van der Waals surface area contributed by atoms with E-state index in [4.69, 9.17) is 9.47 Å². The predicted octanol–water partition coefficient (Wildman–Crippen LogP) is 4.07. The highest BCUT2D eigenvalue weighted by molar-refractivity contribution is 6.01. The Morgan fingerprint density at radius 1 is 1.00 bits per heavy atom. The van der Waals surface area contributed by atoms with Crippen LogP contribution in [0, 0.1) is 0 Å². The zero-order valence-corrected chi connectivity index (χ0v) is 12.8. The first-order valence-corrected chi connectivity index (χ1v) is 8.05. The van der Waals surface area contributed by atoms with Crippen LogP contribution in [0.1, 0.15) is 68.3 Å². The van der Waals surface area contributed by atoms with E-state index in [0.29, 0.717) is 6.42 Å². The fourth-order valence-corrected chi connectivity index (χ4v) is 3.94. The first-order valence-electron chi connectivity index (χ1n) is 8.05. The number of hydrogen-bond acceptors (Lipinski definition) is 3. The van der Waals surface area contributed by atoms with Crippen LogP contribution in [0.5, 0.6) is 11.5 Å². The molecule has 1 aromatic carbocycles. The number of ether oxygens (including phenoxy) is 2. The van der Waals surface area contributed by atoms with Crippen molar-refractivity contribution in [3.8, 4) is 11.5 Å². The van der Waals surface area contributed by atoms with Crippen LogP contribution in [-0.4, -0.2) is 17.0 Å². The maximum absolute atomic E-state index is 12.5. The molecule has 1 fully saturated rings. The lowest BCUT2D eigenvalue weighted by Gasteiger charge is -2.37. The smallest absolute Gasteiger partial charge is 0.170 e. The summed E-state index contributed by atoms with van der Waals surface area (Å²) in [5.74, 6) is 1.88. The van der Waals surface area contributed by atoms with Crippen molar-refractivity contribution >= 4 is 5.78 Å². The predicted molar refractivity (Wildman–Crippen MR) is 80.2 cm³/mol. The van der Waals surface area contributed by atoms with Crippen LogP contribution in [0.2, 0.25) is 0 Å². The van der Waals surface area contributed by atoms with Crippen molar-refractivity contribution in [2.75, 3.05) is 0 Å². The van der Waals surface area contributed by atoms with E-state index in [9.17, 15) is 4.79 Å². The fourth-order valence-electron chi connectivity index (χ4n) is 3.94. The molecular formula is C18H22O3. The first-order chi connectivity index (χ1) is 9.96. The summed E-state index contributed by atoms with van der Waals surface area (Å²) in [6.07, 6.45) is 6.83. The summed E-state index contributed by atoms with van der Waals surface area (Å²) in [6.45, 7) is 4.22. The van der Waals surface area contributed by atoms with Gasteiger partial charge in [0.15, 0.2) is 5.78 Å². The topological polar surface area (TPSA) is 35.5 Å². The van der Waals surface area contributed by atoms with Gasteiger partial charge in [-0.25, -0.2) is 0 Å². The molecule has 0 amide bonds. The third kappa shape index (κ3) is 2.14. The van der Waals surface area contributed by atoms with E-state index in [1.165, 1.54) is 0 Å². The van der Waals surface area contributed by atoms with E-state index < -0.39 is 0 Å². The average Bonchev–Trinajstić information content (AvgIpc) is 2.83. The van der Waals surface area contributed by atoms with Crippen molar-refractivity contribution in [1.29, 1.82) is 0 Å². The van der Waals surface area contributed by atoms with Gasteiger partial charge in [-0.05, 0) is 64.0 Å². The SMILES string of the molecule is CC1(C)CCc2cc3c(cc2O1)OC1(CCCC1)CC3=O. The number of carbonyl (C=O) groups excluding carboxylic acids is 1. The second kappa shape index (κ2) is 4.25. The van der Waals surface area contributed by atoms with Crippen LogP contribution in [0.4, 0.5) is 0 Å². The van der Waals surface area contributed by atoms with Gasteiger partial charge in [-0.15, -0.1) is 0 Å². The van der Waals surface area contributed by atoms with Gasteiger partial charge in [0.2, 0.25) is 0 Å². The van der Waals surface area contributed by atoms with Crippen molar-refractivity contribution in [1.82, 2.24) is 0 Å². The minimum Gasteiger partial charge on any atom is -0.487 e. The summed E-state index contributed by atoms with van der Waals surface area (Å²) in [5.41, 5.74) is 1.54. The molecule has 1 saturated carbocycles. The zero-order valence-electron chi connectivity index (χ0n) is 12.8. The number of ketones is 1. The molecule has 2 aliphatic heterocycles. The Morgan fingerprint density at radius 2 is 1.76 bits per heavy atom. The molecule has 3 nitrogen and oxygen atoms in total. The molecule has 4 rings (SSSR count). The van der Waals surface area contributed by atoms with Crippen molar-refractivity contribution in [2.45, 2.75) is 70.0 Å². The third-order valence-electron chi connectivity index (χ3n) is 5.17. The normalized spacial score (nSPS) is 25.0. The van der Waals surface area contributed by atoms with Gasteiger partial charge in [-0.2, -0.15) is 0 Å². The molecule has 0 unspecified atom stereocenters. The summed E-state index contributed by atoms with van der Waals surface area (Å²) in [7, 11) is 0. The number of aryl methyl sites for hydroxylation is 1. The fraction of sp³-hybridized carbons (Fsp3) is 0.611. The number of benzene rings is 1. The highest BCUT2D eigenvalue weighted by Crippen LogP contribution is 2.46. The van der Waals surface area contributed by atoms with Gasteiger partial charge in [0.05, 0.1) is 12.0 Å². The number of rotatable bonds is 0. The van der Waals surface area contributed by atoms with Crippen molar-refractivity contribution in [2.24, 2.45) is 0 Å². The van der Waals surface area contributed by atoms with Crippen LogP contribution in [-0.2, 0) is 6.42 Å². The average molecular weight is 286 g/mol. The van der Waals surface area contributed by atoms with Crippen molar-refractivity contribution in [3.63, 3.8) is 0 Å². The largest absolute Gasteiger partial charge is 0.487 e. The second-order valence-corrected chi connectivity index (χ2v) is 7.41. The van der Waals surface area contributed by atoms with E-state index in [1.54, 1.807) is 0 Å². The molecule has 3 aliphatic rings. The number of hydrogen-bond donors (Lipinski definition) is 0. The summed E-state index contributed by atoms with van der Waals surface area (Å²) >= 11 is 0. The third-order valence-corrected chi connectivity index (χ3v) is 5.17. The van der Waals surface area contributed by atoms with Crippen LogP contribution >= 0.6 is 0 Å². The van der Waals surface area contributed by atoms with Crippen LogP contribution in [0.25, 0.3) is 0 Å². The molecule has 21 heavy (non-hydrogen) atoms. The zero-order chi connectivity index (χ0) is 14.7. The van der Waals surface area contributed by atoms with E-state index in [-0.39, 0.29) is 17.0 Å². The molecule has 112 valence electrons. The number of carbonyl (C=O) groups is 1. The van der Waals surface area contributed by atoms with Gasteiger partial charge in [0.25, 0.3) is 0 Å². The van der Waals surface area contributed by atoms with E-state index in [1.807, 2.05) is 12.1 Å². The molecule has 0 atom stereocenters. The summed E-state index contributed by atoms with van der Waals surface area (Å²) in [6, 6.07) is 3.97. The molecule has 1 aromatic rings. The first kappa shape index (κ1) is 13.2. The molecule has 2 heterocycles. The lowest BCUT2D eigenvalue weighted by atomic mass is 9.86. The molecule has 0 saturated heterocycles. The van der Waals surface area contributed by atoms with Gasteiger partial charge >= 0.3 is 0 Å². The Labute approximate surface area is 125 Å². The molecule has 0 aromatic heterocycles. The van der Waals surface area contributed by atoms with Crippen LogP contribution < -0.4 is 9.47 Å². The highest BCUT2D eigenvalue weighted by Gasteiger charge is 2.43. The lowest BCUT2D eigenvalue weighted by Crippen LogP contribution is -2.40. The molecule has 0 radical (unpaired) electrons. The molecule has 0 bridgehead atoms. The standard InChI is InChI=1S/C18H22O3/c1-17(2)8-5-12-9-13-14(19)11-18(6-3-4-7-18)21-16(13)10-15(12)20-17/h9-10H,3-8,11H2,1-2H3. The quantitative estimate of drug-likeness (QED) is 0.721. The van der Waals surface area contributed by atoms with Gasteiger partial charge < -0.3 is 9.47 Å². The minimum absolute atomic E-state index is 0.134. The monoisotopic (exact) mass is 286 g/mol. The lowest BCUT2D eigenvalue weighted by molar-refractivity contribution is 0.0435. The Bertz CT molecular complexity index is 609. The van der Waals surface area contributed by atoms with E-state index >= 15 is 0 Å². The summed E-state index contributed by atoms with van der Waals surface area (Å²) in [4.78, 5) is 12.5. The number of Topliss-reactive ketones (excluding diaryl/α,β-unsaturated/α-hetero) is 1.